The van der Waals surface area contributed by atoms with Crippen LogP contribution in [0.3, 0.4) is 0 Å². The van der Waals surface area contributed by atoms with Crippen LogP contribution in [0.5, 0.6) is 11.5 Å². The number of nitro benzene ring substituents is 1. The molecule has 6 heteroatoms. The second-order valence-electron chi connectivity index (χ2n) is 4.92. The van der Waals surface area contributed by atoms with E-state index in [1.807, 2.05) is 0 Å². The van der Waals surface area contributed by atoms with Gasteiger partial charge in [0.1, 0.15) is 11.9 Å². The van der Waals surface area contributed by atoms with Gasteiger partial charge in [-0.3, -0.25) is 14.9 Å². The third kappa shape index (κ3) is 2.39. The monoisotopic (exact) mass is 299 g/mol. The average Bonchev–Trinajstić information content (AvgIpc) is 2.54. The van der Waals surface area contributed by atoms with Crippen molar-refractivity contribution in [2.45, 2.75) is 12.5 Å². The van der Waals surface area contributed by atoms with Crippen LogP contribution < -0.4 is 9.47 Å². The van der Waals surface area contributed by atoms with E-state index < -0.39 is 11.0 Å². The van der Waals surface area contributed by atoms with Crippen LogP contribution in [0.4, 0.5) is 5.69 Å². The summed E-state index contributed by atoms with van der Waals surface area (Å²) in [5.74, 6) is 0.669. The molecule has 0 aromatic heterocycles. The summed E-state index contributed by atoms with van der Waals surface area (Å²) in [6.07, 6.45) is -0.282. The number of carbonyl (C=O) groups excluding carboxylic acids is 1. The molecule has 0 bridgehead atoms. The number of Topliss-reactive ketones (excluding diaryl/α,β-unsaturated/α-hetero) is 1. The number of hydrogen-bond acceptors (Lipinski definition) is 5. The van der Waals surface area contributed by atoms with Gasteiger partial charge in [-0.25, -0.2) is 0 Å². The Labute approximate surface area is 126 Å². The summed E-state index contributed by atoms with van der Waals surface area (Å²) in [6, 6.07) is 11.5. The van der Waals surface area contributed by atoms with Crippen LogP contribution in [0.2, 0.25) is 0 Å². The number of methoxy groups -OCH3 is 1. The van der Waals surface area contributed by atoms with Crippen molar-refractivity contribution in [1.29, 1.82) is 0 Å². The lowest BCUT2D eigenvalue weighted by atomic mass is 9.96. The topological polar surface area (TPSA) is 78.7 Å². The van der Waals surface area contributed by atoms with Gasteiger partial charge in [0.15, 0.2) is 11.5 Å². The number of carbonyl (C=O) groups is 1. The van der Waals surface area contributed by atoms with Gasteiger partial charge in [0.2, 0.25) is 0 Å². The Bertz CT molecular complexity index is 756. The molecule has 112 valence electrons. The maximum atomic E-state index is 12.2. The predicted molar refractivity (Wildman–Crippen MR) is 78.4 cm³/mol. The minimum atomic E-state index is -0.509. The van der Waals surface area contributed by atoms with Crippen molar-refractivity contribution in [2.75, 3.05) is 7.11 Å². The molecule has 2 aromatic carbocycles. The number of ether oxygens (including phenoxy) is 2. The zero-order valence-electron chi connectivity index (χ0n) is 11.8. The summed E-state index contributed by atoms with van der Waals surface area (Å²) in [5, 5.41) is 10.9. The first-order valence-electron chi connectivity index (χ1n) is 6.71. The molecule has 1 aliphatic heterocycles. The molecule has 1 aliphatic rings. The molecule has 2 aromatic rings. The quantitative estimate of drug-likeness (QED) is 0.641. The highest BCUT2D eigenvalue weighted by atomic mass is 16.6. The van der Waals surface area contributed by atoms with Gasteiger partial charge in [-0.05, 0) is 29.8 Å². The molecule has 0 spiro atoms. The molecule has 1 unspecified atom stereocenters. The number of nitrogens with zero attached hydrogens (tertiary/aromatic N) is 1. The Morgan fingerprint density at radius 3 is 2.77 bits per heavy atom. The summed E-state index contributed by atoms with van der Waals surface area (Å²) in [7, 11) is 1.37. The highest BCUT2D eigenvalue weighted by Gasteiger charge is 2.28. The van der Waals surface area contributed by atoms with E-state index in [9.17, 15) is 14.9 Å². The van der Waals surface area contributed by atoms with Crippen LogP contribution in [0.1, 0.15) is 28.4 Å². The Hall–Kier alpha value is -2.89. The van der Waals surface area contributed by atoms with Gasteiger partial charge in [-0.1, -0.05) is 12.1 Å². The van der Waals surface area contributed by atoms with Crippen molar-refractivity contribution in [2.24, 2.45) is 0 Å². The maximum absolute atomic E-state index is 12.2. The SMILES string of the molecule is COc1cc(C2CC(=O)c3ccccc3O2)ccc1[N+](=O)[O-]. The molecular formula is C16H13NO5. The van der Waals surface area contributed by atoms with Gasteiger partial charge < -0.3 is 9.47 Å². The van der Waals surface area contributed by atoms with Crippen molar-refractivity contribution >= 4 is 11.5 Å². The van der Waals surface area contributed by atoms with Gasteiger partial charge in [-0.15, -0.1) is 0 Å². The van der Waals surface area contributed by atoms with Crippen LogP contribution in [-0.4, -0.2) is 17.8 Å². The fourth-order valence-electron chi connectivity index (χ4n) is 2.50. The third-order valence-electron chi connectivity index (χ3n) is 3.60. The van der Waals surface area contributed by atoms with E-state index >= 15 is 0 Å². The number of ketones is 1. The number of nitro groups is 1. The van der Waals surface area contributed by atoms with Crippen LogP contribution in [-0.2, 0) is 0 Å². The summed E-state index contributed by atoms with van der Waals surface area (Å²) in [5.41, 5.74) is 1.12. The molecule has 0 aliphatic carbocycles. The Morgan fingerprint density at radius 1 is 1.27 bits per heavy atom. The maximum Gasteiger partial charge on any atom is 0.310 e. The molecule has 0 N–H and O–H groups in total. The Kier molecular flexibility index (Phi) is 3.50. The van der Waals surface area contributed by atoms with Gasteiger partial charge >= 0.3 is 5.69 Å². The Morgan fingerprint density at radius 2 is 2.05 bits per heavy atom. The van der Waals surface area contributed by atoms with Crippen LogP contribution in [0.15, 0.2) is 42.5 Å². The number of fused-ring (bicyclic) bond motifs is 1. The second kappa shape index (κ2) is 5.48. The van der Waals surface area contributed by atoms with E-state index in [0.717, 1.165) is 0 Å². The molecule has 1 heterocycles. The van der Waals surface area contributed by atoms with Crippen LogP contribution in [0, 0.1) is 10.1 Å². The number of benzene rings is 2. The van der Waals surface area contributed by atoms with E-state index in [-0.39, 0.29) is 23.6 Å². The van der Waals surface area contributed by atoms with Crippen molar-refractivity contribution in [3.63, 3.8) is 0 Å². The smallest absolute Gasteiger partial charge is 0.310 e. The summed E-state index contributed by atoms with van der Waals surface area (Å²) < 4.78 is 10.9. The molecule has 0 saturated carbocycles. The minimum Gasteiger partial charge on any atom is -0.490 e. The van der Waals surface area contributed by atoms with Gasteiger partial charge in [0, 0.05) is 6.07 Å². The average molecular weight is 299 g/mol. The summed E-state index contributed by atoms with van der Waals surface area (Å²) >= 11 is 0. The molecule has 6 nitrogen and oxygen atoms in total. The molecule has 0 fully saturated rings. The highest BCUT2D eigenvalue weighted by molar-refractivity contribution is 5.99. The van der Waals surface area contributed by atoms with E-state index in [0.29, 0.717) is 16.9 Å². The predicted octanol–water partition coefficient (Wildman–Crippen LogP) is 3.31. The van der Waals surface area contributed by atoms with Crippen molar-refractivity contribution in [1.82, 2.24) is 0 Å². The first kappa shape index (κ1) is 14.1. The number of hydrogen-bond donors (Lipinski definition) is 0. The van der Waals surface area contributed by atoms with Crippen molar-refractivity contribution in [3.05, 3.63) is 63.7 Å². The zero-order valence-corrected chi connectivity index (χ0v) is 11.8. The standard InChI is InChI=1S/C16H13NO5/c1-21-16-8-10(6-7-12(16)17(19)20)15-9-13(18)11-4-2-3-5-14(11)22-15/h2-8,15H,9H2,1H3. The van der Waals surface area contributed by atoms with Gasteiger partial charge in [0.05, 0.1) is 24.0 Å². The van der Waals surface area contributed by atoms with Crippen molar-refractivity contribution in [3.8, 4) is 11.5 Å². The second-order valence-corrected chi connectivity index (χ2v) is 4.92. The van der Waals surface area contributed by atoms with E-state index in [1.165, 1.54) is 13.2 Å². The highest BCUT2D eigenvalue weighted by Crippen LogP contribution is 2.37. The molecule has 22 heavy (non-hydrogen) atoms. The first-order valence-corrected chi connectivity index (χ1v) is 6.71. The summed E-state index contributed by atoms with van der Waals surface area (Å²) in [4.78, 5) is 22.6. The fraction of sp³-hybridized carbons (Fsp3) is 0.188. The van der Waals surface area contributed by atoms with Gasteiger partial charge in [0.25, 0.3) is 0 Å². The largest absolute Gasteiger partial charge is 0.490 e. The molecule has 0 amide bonds. The molecule has 0 radical (unpaired) electrons. The minimum absolute atomic E-state index is 0.0100. The van der Waals surface area contributed by atoms with Crippen LogP contribution >= 0.6 is 0 Å². The number of para-hydroxylation sites is 1. The lowest BCUT2D eigenvalue weighted by Crippen LogP contribution is -2.20. The first-order chi connectivity index (χ1) is 10.6. The van der Waals surface area contributed by atoms with E-state index in [4.69, 9.17) is 9.47 Å². The van der Waals surface area contributed by atoms with E-state index in [1.54, 1.807) is 36.4 Å². The lowest BCUT2D eigenvalue weighted by Gasteiger charge is -2.25. The molecule has 0 saturated heterocycles. The molecular weight excluding hydrogens is 286 g/mol. The molecule has 3 rings (SSSR count). The fourth-order valence-corrected chi connectivity index (χ4v) is 2.50. The molecule has 1 atom stereocenters. The normalized spacial score (nSPS) is 16.6. The number of rotatable bonds is 3. The Balaban J connectivity index is 1.96. The lowest BCUT2D eigenvalue weighted by molar-refractivity contribution is -0.385. The van der Waals surface area contributed by atoms with E-state index in [2.05, 4.69) is 0 Å². The summed E-state index contributed by atoms with van der Waals surface area (Å²) in [6.45, 7) is 0. The third-order valence-corrected chi connectivity index (χ3v) is 3.60. The van der Waals surface area contributed by atoms with Crippen LogP contribution in [0.25, 0.3) is 0 Å². The van der Waals surface area contributed by atoms with Gasteiger partial charge in [-0.2, -0.15) is 0 Å². The van der Waals surface area contributed by atoms with Crippen molar-refractivity contribution < 1.29 is 19.2 Å². The zero-order chi connectivity index (χ0) is 15.7.